The molecule has 1 fully saturated rings. The van der Waals surface area contributed by atoms with Crippen LogP contribution in [0, 0.1) is 5.92 Å². The highest BCUT2D eigenvalue weighted by molar-refractivity contribution is 5.74. The van der Waals surface area contributed by atoms with E-state index in [0.717, 1.165) is 0 Å². The van der Waals surface area contributed by atoms with E-state index in [9.17, 15) is 4.79 Å². The van der Waals surface area contributed by atoms with Crippen LogP contribution in [0.15, 0.2) is 0 Å². The third-order valence-corrected chi connectivity index (χ3v) is 2.06. The van der Waals surface area contributed by atoms with Crippen molar-refractivity contribution in [2.24, 2.45) is 11.7 Å². The molecule has 3 heteroatoms. The molecule has 11 heavy (non-hydrogen) atoms. The second-order valence-electron chi connectivity index (χ2n) is 3.22. The van der Waals surface area contributed by atoms with Crippen molar-refractivity contribution in [2.75, 3.05) is 6.61 Å². The normalized spacial score (nSPS) is 20.5. The zero-order chi connectivity index (χ0) is 8.27. The van der Waals surface area contributed by atoms with Gasteiger partial charge < -0.3 is 10.5 Å². The summed E-state index contributed by atoms with van der Waals surface area (Å²) in [6.45, 7) is 2.21. The lowest BCUT2D eigenvalue weighted by atomic mass is 9.86. The predicted molar refractivity (Wildman–Crippen MR) is 41.9 cm³/mol. The Hall–Kier alpha value is -0.570. The van der Waals surface area contributed by atoms with Crippen molar-refractivity contribution in [1.82, 2.24) is 0 Å². The SMILES string of the molecule is CC(N)C(=O)OCC1CCC1. The van der Waals surface area contributed by atoms with Crippen LogP contribution in [0.4, 0.5) is 0 Å². The first-order chi connectivity index (χ1) is 5.20. The van der Waals surface area contributed by atoms with Crippen LogP contribution in [0.1, 0.15) is 26.2 Å². The molecule has 1 saturated carbocycles. The molecule has 0 aliphatic heterocycles. The fraction of sp³-hybridized carbons (Fsp3) is 0.875. The molecule has 0 amide bonds. The van der Waals surface area contributed by atoms with Crippen LogP contribution < -0.4 is 5.73 Å². The third-order valence-electron chi connectivity index (χ3n) is 2.06. The van der Waals surface area contributed by atoms with Crippen molar-refractivity contribution < 1.29 is 9.53 Å². The first kappa shape index (κ1) is 8.53. The lowest BCUT2D eigenvalue weighted by Gasteiger charge is -2.24. The van der Waals surface area contributed by atoms with Gasteiger partial charge in [0.05, 0.1) is 6.61 Å². The van der Waals surface area contributed by atoms with Crippen molar-refractivity contribution in [3.8, 4) is 0 Å². The van der Waals surface area contributed by atoms with Crippen molar-refractivity contribution >= 4 is 5.97 Å². The van der Waals surface area contributed by atoms with E-state index in [-0.39, 0.29) is 5.97 Å². The maximum Gasteiger partial charge on any atom is 0.322 e. The Bertz CT molecular complexity index is 141. The molecule has 0 bridgehead atoms. The highest BCUT2D eigenvalue weighted by Crippen LogP contribution is 2.26. The Morgan fingerprint density at radius 3 is 2.73 bits per heavy atom. The minimum Gasteiger partial charge on any atom is -0.464 e. The number of carbonyl (C=O) groups excluding carboxylic acids is 1. The van der Waals surface area contributed by atoms with Crippen LogP contribution in [0.2, 0.25) is 0 Å². The quantitative estimate of drug-likeness (QED) is 0.613. The maximum absolute atomic E-state index is 10.8. The van der Waals surface area contributed by atoms with Gasteiger partial charge in [-0.3, -0.25) is 4.79 Å². The van der Waals surface area contributed by atoms with Gasteiger partial charge in [0.1, 0.15) is 6.04 Å². The number of esters is 1. The van der Waals surface area contributed by atoms with Gasteiger partial charge in [0.15, 0.2) is 0 Å². The summed E-state index contributed by atoms with van der Waals surface area (Å²) in [5.74, 6) is 0.328. The number of hydrogen-bond donors (Lipinski definition) is 1. The topological polar surface area (TPSA) is 52.3 Å². The molecular formula is C8H15NO2. The summed E-state index contributed by atoms with van der Waals surface area (Å²) in [5.41, 5.74) is 5.31. The lowest BCUT2D eigenvalue weighted by molar-refractivity contribution is -0.147. The van der Waals surface area contributed by atoms with Crippen LogP contribution in [-0.2, 0) is 9.53 Å². The van der Waals surface area contributed by atoms with Gasteiger partial charge in [-0.1, -0.05) is 6.42 Å². The molecule has 1 aliphatic rings. The molecule has 3 nitrogen and oxygen atoms in total. The molecule has 0 aromatic carbocycles. The molecule has 1 atom stereocenters. The molecule has 0 saturated heterocycles. The van der Waals surface area contributed by atoms with Gasteiger partial charge >= 0.3 is 5.97 Å². The summed E-state index contributed by atoms with van der Waals surface area (Å²) in [4.78, 5) is 10.8. The van der Waals surface area contributed by atoms with Crippen molar-refractivity contribution in [3.05, 3.63) is 0 Å². The van der Waals surface area contributed by atoms with Crippen LogP contribution in [0.5, 0.6) is 0 Å². The standard InChI is InChI=1S/C8H15NO2/c1-6(9)8(10)11-5-7-3-2-4-7/h6-7H,2-5,9H2,1H3. The molecule has 0 radical (unpaired) electrons. The fourth-order valence-corrected chi connectivity index (χ4v) is 0.991. The number of carbonyl (C=O) groups is 1. The summed E-state index contributed by atoms with van der Waals surface area (Å²) in [6.07, 6.45) is 3.68. The highest BCUT2D eigenvalue weighted by Gasteiger charge is 2.19. The van der Waals surface area contributed by atoms with Gasteiger partial charge in [0, 0.05) is 0 Å². The number of nitrogens with two attached hydrogens (primary N) is 1. The van der Waals surface area contributed by atoms with Crippen LogP contribution >= 0.6 is 0 Å². The summed E-state index contributed by atoms with van der Waals surface area (Å²) >= 11 is 0. The molecule has 1 rings (SSSR count). The van der Waals surface area contributed by atoms with E-state index in [0.29, 0.717) is 12.5 Å². The zero-order valence-electron chi connectivity index (χ0n) is 6.88. The summed E-state index contributed by atoms with van der Waals surface area (Å²) in [5, 5.41) is 0. The molecule has 1 unspecified atom stereocenters. The fourth-order valence-electron chi connectivity index (χ4n) is 0.991. The number of hydrogen-bond acceptors (Lipinski definition) is 3. The average Bonchev–Trinajstić information content (AvgIpc) is 1.83. The van der Waals surface area contributed by atoms with Crippen molar-refractivity contribution in [3.63, 3.8) is 0 Å². The largest absolute Gasteiger partial charge is 0.464 e. The molecule has 0 spiro atoms. The smallest absolute Gasteiger partial charge is 0.322 e. The Morgan fingerprint density at radius 2 is 2.36 bits per heavy atom. The van der Waals surface area contributed by atoms with E-state index < -0.39 is 6.04 Å². The molecule has 1 aliphatic carbocycles. The second kappa shape index (κ2) is 3.72. The Kier molecular flexibility index (Phi) is 2.88. The summed E-state index contributed by atoms with van der Waals surface area (Å²) in [7, 11) is 0. The average molecular weight is 157 g/mol. The molecule has 64 valence electrons. The molecular weight excluding hydrogens is 142 g/mol. The Morgan fingerprint density at radius 1 is 1.73 bits per heavy atom. The number of ether oxygens (including phenoxy) is 1. The molecule has 0 aromatic heterocycles. The Balaban J connectivity index is 2.06. The van der Waals surface area contributed by atoms with E-state index in [4.69, 9.17) is 10.5 Å². The van der Waals surface area contributed by atoms with E-state index in [1.165, 1.54) is 19.3 Å². The monoisotopic (exact) mass is 157 g/mol. The zero-order valence-corrected chi connectivity index (χ0v) is 6.88. The third kappa shape index (κ3) is 2.50. The molecule has 0 aromatic rings. The summed E-state index contributed by atoms with van der Waals surface area (Å²) < 4.78 is 4.94. The van der Waals surface area contributed by atoms with Crippen molar-refractivity contribution in [1.29, 1.82) is 0 Å². The lowest BCUT2D eigenvalue weighted by Crippen LogP contribution is -2.31. The van der Waals surface area contributed by atoms with Gasteiger partial charge in [-0.15, -0.1) is 0 Å². The minimum atomic E-state index is -0.477. The first-order valence-electron chi connectivity index (χ1n) is 4.12. The summed E-state index contributed by atoms with van der Waals surface area (Å²) in [6, 6.07) is -0.477. The van der Waals surface area contributed by atoms with E-state index >= 15 is 0 Å². The van der Waals surface area contributed by atoms with Crippen LogP contribution in [0.25, 0.3) is 0 Å². The molecule has 2 N–H and O–H groups in total. The Labute approximate surface area is 66.9 Å². The number of rotatable bonds is 3. The van der Waals surface area contributed by atoms with E-state index in [2.05, 4.69) is 0 Å². The van der Waals surface area contributed by atoms with Gasteiger partial charge in [0.25, 0.3) is 0 Å². The highest BCUT2D eigenvalue weighted by atomic mass is 16.5. The van der Waals surface area contributed by atoms with Crippen molar-refractivity contribution in [2.45, 2.75) is 32.2 Å². The minimum absolute atomic E-state index is 0.281. The van der Waals surface area contributed by atoms with Gasteiger partial charge in [-0.05, 0) is 25.7 Å². The van der Waals surface area contributed by atoms with Gasteiger partial charge in [0.2, 0.25) is 0 Å². The van der Waals surface area contributed by atoms with Gasteiger partial charge in [-0.2, -0.15) is 0 Å². The second-order valence-corrected chi connectivity index (χ2v) is 3.22. The maximum atomic E-state index is 10.8. The van der Waals surface area contributed by atoms with Crippen LogP contribution in [-0.4, -0.2) is 18.6 Å². The molecule has 0 heterocycles. The van der Waals surface area contributed by atoms with Crippen LogP contribution in [0.3, 0.4) is 0 Å². The van der Waals surface area contributed by atoms with E-state index in [1.807, 2.05) is 0 Å². The van der Waals surface area contributed by atoms with E-state index in [1.54, 1.807) is 6.92 Å². The van der Waals surface area contributed by atoms with Gasteiger partial charge in [-0.25, -0.2) is 0 Å². The predicted octanol–water partition coefficient (Wildman–Crippen LogP) is 0.677. The first-order valence-corrected chi connectivity index (χ1v) is 4.12.